The molecular formula is C14H26N4O2. The van der Waals surface area contributed by atoms with Crippen LogP contribution in [0.2, 0.25) is 0 Å². The van der Waals surface area contributed by atoms with E-state index in [4.69, 9.17) is 10.00 Å². The maximum atomic E-state index is 12.5. The molecule has 1 N–H and O–H groups in total. The third kappa shape index (κ3) is 5.08. The average Bonchev–Trinajstić information content (AvgIpc) is 2.47. The van der Waals surface area contributed by atoms with Gasteiger partial charge in [0.2, 0.25) is 5.91 Å². The monoisotopic (exact) mass is 282 g/mol. The minimum absolute atomic E-state index is 0.0449. The van der Waals surface area contributed by atoms with E-state index in [2.05, 4.69) is 16.3 Å². The zero-order chi connectivity index (χ0) is 15.0. The van der Waals surface area contributed by atoms with Crippen molar-refractivity contribution in [2.24, 2.45) is 0 Å². The van der Waals surface area contributed by atoms with Gasteiger partial charge in [-0.05, 0) is 20.9 Å². The van der Waals surface area contributed by atoms with Crippen molar-refractivity contribution in [2.45, 2.75) is 25.8 Å². The zero-order valence-corrected chi connectivity index (χ0v) is 12.8. The summed E-state index contributed by atoms with van der Waals surface area (Å²) < 4.78 is 5.32. The largest absolute Gasteiger partial charge is 0.379 e. The first-order chi connectivity index (χ1) is 9.51. The molecule has 1 aliphatic heterocycles. The third-order valence-electron chi connectivity index (χ3n) is 3.73. The Hall–Kier alpha value is -1.16. The van der Waals surface area contributed by atoms with Crippen LogP contribution in [0.3, 0.4) is 0 Å². The third-order valence-corrected chi connectivity index (χ3v) is 3.73. The number of nitrogens with zero attached hydrogens (tertiary/aromatic N) is 3. The van der Waals surface area contributed by atoms with Crippen LogP contribution in [0.15, 0.2) is 0 Å². The van der Waals surface area contributed by atoms with Gasteiger partial charge in [0.05, 0.1) is 31.2 Å². The Bertz CT molecular complexity index is 346. The van der Waals surface area contributed by atoms with Crippen molar-refractivity contribution in [3.63, 3.8) is 0 Å². The topological polar surface area (TPSA) is 68.6 Å². The number of carbonyl (C=O) groups excluding carboxylic acids is 1. The smallest absolute Gasteiger partial charge is 0.242 e. The number of nitriles is 1. The van der Waals surface area contributed by atoms with Crippen molar-refractivity contribution in [2.75, 3.05) is 53.0 Å². The Morgan fingerprint density at radius 2 is 2.05 bits per heavy atom. The summed E-state index contributed by atoms with van der Waals surface area (Å²) in [5, 5.41) is 11.8. The van der Waals surface area contributed by atoms with Gasteiger partial charge in [-0.25, -0.2) is 0 Å². The van der Waals surface area contributed by atoms with Crippen molar-refractivity contribution >= 4 is 5.91 Å². The Morgan fingerprint density at radius 1 is 1.40 bits per heavy atom. The van der Waals surface area contributed by atoms with Crippen molar-refractivity contribution in [1.29, 1.82) is 5.26 Å². The van der Waals surface area contributed by atoms with Gasteiger partial charge in [-0.1, -0.05) is 0 Å². The average molecular weight is 282 g/mol. The second-order valence-electron chi connectivity index (χ2n) is 5.53. The molecule has 1 heterocycles. The number of ether oxygens (including phenoxy) is 1. The maximum Gasteiger partial charge on any atom is 0.242 e. The minimum Gasteiger partial charge on any atom is -0.379 e. The van der Waals surface area contributed by atoms with Crippen molar-refractivity contribution in [1.82, 2.24) is 15.1 Å². The summed E-state index contributed by atoms with van der Waals surface area (Å²) in [6.07, 6.45) is 0.370. The van der Waals surface area contributed by atoms with Gasteiger partial charge in [0.1, 0.15) is 0 Å². The van der Waals surface area contributed by atoms with E-state index >= 15 is 0 Å². The van der Waals surface area contributed by atoms with Crippen LogP contribution in [0, 0.1) is 11.3 Å². The number of nitrogens with one attached hydrogen (secondary N) is 1. The predicted octanol–water partition coefficient (Wildman–Crippen LogP) is 0.0589. The van der Waals surface area contributed by atoms with Crippen LogP contribution in [-0.4, -0.2) is 74.2 Å². The Labute approximate surface area is 121 Å². The summed E-state index contributed by atoms with van der Waals surface area (Å²) in [5.74, 6) is 0.0449. The number of hydrogen-bond donors (Lipinski definition) is 1. The van der Waals surface area contributed by atoms with Crippen LogP contribution in [0.1, 0.15) is 20.3 Å². The number of carbonyl (C=O) groups is 1. The molecule has 0 atom stereocenters. The number of rotatable bonds is 7. The molecule has 1 saturated heterocycles. The molecule has 0 spiro atoms. The summed E-state index contributed by atoms with van der Waals surface area (Å²) in [6, 6.07) is 2.11. The molecule has 6 heteroatoms. The second kappa shape index (κ2) is 8.20. The summed E-state index contributed by atoms with van der Waals surface area (Å²) in [7, 11) is 1.78. The van der Waals surface area contributed by atoms with Gasteiger partial charge in [-0.15, -0.1) is 0 Å². The lowest BCUT2D eigenvalue weighted by atomic mass is 10.0. The van der Waals surface area contributed by atoms with Crippen molar-refractivity contribution < 1.29 is 9.53 Å². The SMILES string of the molecule is CNC(C)(C)C(=O)N(CCC#N)CCN1CCOCC1. The summed E-state index contributed by atoms with van der Waals surface area (Å²) in [6.45, 7) is 9.05. The second-order valence-corrected chi connectivity index (χ2v) is 5.53. The summed E-state index contributed by atoms with van der Waals surface area (Å²) in [4.78, 5) is 16.6. The molecule has 0 aromatic heterocycles. The minimum atomic E-state index is -0.597. The highest BCUT2D eigenvalue weighted by atomic mass is 16.5. The normalized spacial score (nSPS) is 16.7. The van der Waals surface area contributed by atoms with Crippen LogP contribution < -0.4 is 5.32 Å². The van der Waals surface area contributed by atoms with Crippen LogP contribution in [-0.2, 0) is 9.53 Å². The molecule has 0 aliphatic carbocycles. The lowest BCUT2D eigenvalue weighted by Gasteiger charge is -2.34. The fourth-order valence-electron chi connectivity index (χ4n) is 2.09. The van der Waals surface area contributed by atoms with Gasteiger partial charge in [-0.2, -0.15) is 5.26 Å². The Balaban J connectivity index is 2.54. The van der Waals surface area contributed by atoms with E-state index in [0.29, 0.717) is 19.5 Å². The highest BCUT2D eigenvalue weighted by molar-refractivity contribution is 5.85. The number of likely N-dealkylation sites (N-methyl/N-ethyl adjacent to an activating group) is 1. The van der Waals surface area contributed by atoms with Gasteiger partial charge in [0.25, 0.3) is 0 Å². The highest BCUT2D eigenvalue weighted by Gasteiger charge is 2.30. The van der Waals surface area contributed by atoms with E-state index in [1.54, 1.807) is 11.9 Å². The molecule has 0 unspecified atom stereocenters. The van der Waals surface area contributed by atoms with Gasteiger partial charge < -0.3 is 15.0 Å². The molecule has 0 aromatic carbocycles. The number of hydrogen-bond acceptors (Lipinski definition) is 5. The van der Waals surface area contributed by atoms with E-state index in [-0.39, 0.29) is 5.91 Å². The molecule has 0 bridgehead atoms. The van der Waals surface area contributed by atoms with Crippen LogP contribution in [0.4, 0.5) is 0 Å². The quantitative estimate of drug-likeness (QED) is 0.715. The van der Waals surface area contributed by atoms with Gasteiger partial charge in [0.15, 0.2) is 0 Å². The van der Waals surface area contributed by atoms with Gasteiger partial charge in [0, 0.05) is 32.7 Å². The van der Waals surface area contributed by atoms with Crippen molar-refractivity contribution in [3.05, 3.63) is 0 Å². The first-order valence-electron chi connectivity index (χ1n) is 7.16. The van der Waals surface area contributed by atoms with E-state index in [9.17, 15) is 4.79 Å². The lowest BCUT2D eigenvalue weighted by molar-refractivity contribution is -0.137. The van der Waals surface area contributed by atoms with E-state index in [0.717, 1.165) is 32.8 Å². The standard InChI is InChI=1S/C14H26N4O2/c1-14(2,16-3)13(19)18(6-4-5-15)8-7-17-9-11-20-12-10-17/h16H,4,6-12H2,1-3H3. The van der Waals surface area contributed by atoms with E-state index in [1.807, 2.05) is 13.8 Å². The molecule has 0 saturated carbocycles. The molecule has 0 aromatic rings. The van der Waals surface area contributed by atoms with Crippen LogP contribution in [0.25, 0.3) is 0 Å². The Morgan fingerprint density at radius 3 is 2.60 bits per heavy atom. The molecule has 114 valence electrons. The summed E-state index contributed by atoms with van der Waals surface area (Å²) >= 11 is 0. The van der Waals surface area contributed by atoms with Crippen LogP contribution >= 0.6 is 0 Å². The molecule has 6 nitrogen and oxygen atoms in total. The first-order valence-corrected chi connectivity index (χ1v) is 7.16. The fourth-order valence-corrected chi connectivity index (χ4v) is 2.09. The van der Waals surface area contributed by atoms with E-state index < -0.39 is 5.54 Å². The number of morpholine rings is 1. The molecule has 1 fully saturated rings. The lowest BCUT2D eigenvalue weighted by Crippen LogP contribution is -2.54. The zero-order valence-electron chi connectivity index (χ0n) is 12.8. The highest BCUT2D eigenvalue weighted by Crippen LogP contribution is 2.09. The van der Waals surface area contributed by atoms with Crippen molar-refractivity contribution in [3.8, 4) is 6.07 Å². The molecule has 0 radical (unpaired) electrons. The molecule has 1 rings (SSSR count). The number of amides is 1. The van der Waals surface area contributed by atoms with Crippen LogP contribution in [0.5, 0.6) is 0 Å². The molecule has 1 aliphatic rings. The predicted molar refractivity (Wildman–Crippen MR) is 77.2 cm³/mol. The Kier molecular flexibility index (Phi) is 6.93. The maximum absolute atomic E-state index is 12.5. The van der Waals surface area contributed by atoms with E-state index in [1.165, 1.54) is 0 Å². The van der Waals surface area contributed by atoms with Gasteiger partial charge in [-0.3, -0.25) is 9.69 Å². The first kappa shape index (κ1) is 16.9. The molecular weight excluding hydrogens is 256 g/mol. The fraction of sp³-hybridized carbons (Fsp3) is 0.857. The van der Waals surface area contributed by atoms with Gasteiger partial charge >= 0.3 is 0 Å². The molecule has 1 amide bonds. The molecule has 20 heavy (non-hydrogen) atoms. The summed E-state index contributed by atoms with van der Waals surface area (Å²) in [5.41, 5.74) is -0.597.